The van der Waals surface area contributed by atoms with Crippen molar-refractivity contribution in [3.8, 4) is 10.8 Å². The van der Waals surface area contributed by atoms with Gasteiger partial charge in [0.2, 0.25) is 0 Å². The van der Waals surface area contributed by atoms with Crippen LogP contribution in [0.25, 0.3) is 0 Å². The van der Waals surface area contributed by atoms with E-state index in [0.717, 1.165) is 25.7 Å². The van der Waals surface area contributed by atoms with Gasteiger partial charge in [0.25, 0.3) is 0 Å². The highest BCUT2D eigenvalue weighted by atomic mass is 32.2. The summed E-state index contributed by atoms with van der Waals surface area (Å²) in [6.07, 6.45) is 5.57. The SMILES string of the molecule is N#CSC1(SC#N)CCCCC1. The zero-order valence-electron chi connectivity index (χ0n) is 6.75. The van der Waals surface area contributed by atoms with E-state index in [-0.39, 0.29) is 4.08 Å². The quantitative estimate of drug-likeness (QED) is 0.505. The molecule has 0 aromatic rings. The molecule has 0 unspecified atom stereocenters. The highest BCUT2D eigenvalue weighted by Crippen LogP contribution is 2.47. The maximum Gasteiger partial charge on any atom is 0.134 e. The minimum atomic E-state index is -0.109. The van der Waals surface area contributed by atoms with Crippen molar-refractivity contribution < 1.29 is 0 Å². The second-order valence-electron chi connectivity index (χ2n) is 2.86. The second kappa shape index (κ2) is 4.64. The van der Waals surface area contributed by atoms with Crippen molar-refractivity contribution in [2.75, 3.05) is 0 Å². The molecule has 0 bridgehead atoms. The molecule has 1 fully saturated rings. The molecule has 1 rings (SSSR count). The van der Waals surface area contributed by atoms with Gasteiger partial charge in [0, 0.05) is 0 Å². The molecule has 0 saturated heterocycles. The Hall–Kier alpha value is -0.320. The molecule has 64 valence electrons. The van der Waals surface area contributed by atoms with E-state index in [4.69, 9.17) is 10.5 Å². The van der Waals surface area contributed by atoms with E-state index >= 15 is 0 Å². The summed E-state index contributed by atoms with van der Waals surface area (Å²) >= 11 is 2.54. The molecule has 0 heterocycles. The van der Waals surface area contributed by atoms with E-state index < -0.39 is 0 Å². The summed E-state index contributed by atoms with van der Waals surface area (Å²) < 4.78 is -0.109. The zero-order chi connectivity index (χ0) is 8.86. The molecule has 0 atom stereocenters. The van der Waals surface area contributed by atoms with Crippen LogP contribution in [0.4, 0.5) is 0 Å². The Morgan fingerprint density at radius 1 is 0.917 bits per heavy atom. The number of hydrogen-bond acceptors (Lipinski definition) is 4. The van der Waals surface area contributed by atoms with Crippen molar-refractivity contribution in [3.05, 3.63) is 0 Å². The third-order valence-electron chi connectivity index (χ3n) is 2.08. The standard InChI is InChI=1S/C8H10N2S2/c9-6-11-8(12-7-10)4-2-1-3-5-8/h1-5H2. The van der Waals surface area contributed by atoms with Crippen molar-refractivity contribution in [1.82, 2.24) is 0 Å². The normalized spacial score (nSPS) is 20.8. The molecule has 1 aliphatic carbocycles. The minimum absolute atomic E-state index is 0.109. The van der Waals surface area contributed by atoms with E-state index in [1.54, 1.807) is 0 Å². The fourth-order valence-corrected chi connectivity index (χ4v) is 3.19. The maximum atomic E-state index is 8.60. The number of hydrogen-bond donors (Lipinski definition) is 0. The Morgan fingerprint density at radius 2 is 1.42 bits per heavy atom. The molecule has 0 amide bonds. The van der Waals surface area contributed by atoms with Crippen LogP contribution >= 0.6 is 23.5 Å². The largest absolute Gasteiger partial charge is 0.185 e. The number of nitriles is 2. The number of rotatable bonds is 2. The predicted octanol–water partition coefficient (Wildman–Crippen LogP) is 3.08. The Kier molecular flexibility index (Phi) is 3.78. The zero-order valence-corrected chi connectivity index (χ0v) is 8.38. The van der Waals surface area contributed by atoms with E-state index in [9.17, 15) is 0 Å². The van der Waals surface area contributed by atoms with Gasteiger partial charge in [-0.15, -0.1) is 0 Å². The molecular formula is C8H10N2S2. The van der Waals surface area contributed by atoms with Crippen LogP contribution in [0.15, 0.2) is 0 Å². The molecule has 0 spiro atoms. The first kappa shape index (κ1) is 9.77. The number of thiocyanates is 2. The van der Waals surface area contributed by atoms with Crippen LogP contribution in [-0.4, -0.2) is 4.08 Å². The predicted molar refractivity (Wildman–Crippen MR) is 52.2 cm³/mol. The van der Waals surface area contributed by atoms with Crippen LogP contribution in [0, 0.1) is 21.3 Å². The summed E-state index contributed by atoms with van der Waals surface area (Å²) in [6, 6.07) is 0. The lowest BCUT2D eigenvalue weighted by Gasteiger charge is -2.30. The maximum absolute atomic E-state index is 8.60. The third-order valence-corrected chi connectivity index (χ3v) is 4.32. The first-order valence-electron chi connectivity index (χ1n) is 3.97. The van der Waals surface area contributed by atoms with E-state index in [1.807, 2.05) is 0 Å². The Morgan fingerprint density at radius 3 is 1.83 bits per heavy atom. The van der Waals surface area contributed by atoms with Gasteiger partial charge in [-0.05, 0) is 36.4 Å². The second-order valence-corrected chi connectivity index (χ2v) is 5.45. The van der Waals surface area contributed by atoms with Gasteiger partial charge in [0.1, 0.15) is 10.8 Å². The van der Waals surface area contributed by atoms with Gasteiger partial charge in [-0.2, -0.15) is 10.5 Å². The van der Waals surface area contributed by atoms with Gasteiger partial charge in [-0.3, -0.25) is 0 Å². The molecule has 0 radical (unpaired) electrons. The number of nitrogens with zero attached hydrogens (tertiary/aromatic N) is 2. The van der Waals surface area contributed by atoms with Gasteiger partial charge >= 0.3 is 0 Å². The van der Waals surface area contributed by atoms with Crippen molar-refractivity contribution in [2.24, 2.45) is 0 Å². The van der Waals surface area contributed by atoms with E-state index in [0.29, 0.717) is 0 Å². The van der Waals surface area contributed by atoms with Crippen LogP contribution in [0.5, 0.6) is 0 Å². The molecule has 0 N–H and O–H groups in total. The van der Waals surface area contributed by atoms with Gasteiger partial charge in [0.15, 0.2) is 0 Å². The molecule has 1 aliphatic rings. The molecule has 12 heavy (non-hydrogen) atoms. The topological polar surface area (TPSA) is 47.6 Å². The Balaban J connectivity index is 2.58. The Labute approximate surface area is 81.3 Å². The van der Waals surface area contributed by atoms with Crippen LogP contribution in [0.1, 0.15) is 32.1 Å². The van der Waals surface area contributed by atoms with Crippen molar-refractivity contribution >= 4 is 23.5 Å². The summed E-state index contributed by atoms with van der Waals surface area (Å²) in [7, 11) is 0. The fourth-order valence-electron chi connectivity index (χ4n) is 1.48. The number of thioether (sulfide) groups is 2. The smallest absolute Gasteiger partial charge is 0.134 e. The molecule has 4 heteroatoms. The summed E-state index contributed by atoms with van der Waals surface area (Å²) in [6.45, 7) is 0. The molecule has 0 aliphatic heterocycles. The highest BCUT2D eigenvalue weighted by molar-refractivity contribution is 8.22. The van der Waals surface area contributed by atoms with Gasteiger partial charge < -0.3 is 0 Å². The van der Waals surface area contributed by atoms with Crippen molar-refractivity contribution in [1.29, 1.82) is 10.5 Å². The van der Waals surface area contributed by atoms with Crippen LogP contribution in [-0.2, 0) is 0 Å². The fraction of sp³-hybridized carbons (Fsp3) is 0.750. The van der Waals surface area contributed by atoms with Crippen LogP contribution < -0.4 is 0 Å². The average Bonchev–Trinajstić information content (AvgIpc) is 2.07. The third kappa shape index (κ3) is 2.33. The highest BCUT2D eigenvalue weighted by Gasteiger charge is 2.33. The molecule has 2 nitrogen and oxygen atoms in total. The molecule has 0 aromatic heterocycles. The Bertz CT molecular complexity index is 202. The summed E-state index contributed by atoms with van der Waals surface area (Å²) in [5.41, 5.74) is 0. The van der Waals surface area contributed by atoms with E-state index in [2.05, 4.69) is 10.8 Å². The molecular weight excluding hydrogens is 188 g/mol. The van der Waals surface area contributed by atoms with Gasteiger partial charge in [-0.25, -0.2) is 0 Å². The first-order chi connectivity index (χ1) is 5.83. The summed E-state index contributed by atoms with van der Waals surface area (Å²) in [5.74, 6) is 0. The lowest BCUT2D eigenvalue weighted by atomic mass is 10.00. The summed E-state index contributed by atoms with van der Waals surface area (Å²) in [4.78, 5) is 0. The van der Waals surface area contributed by atoms with Crippen molar-refractivity contribution in [3.63, 3.8) is 0 Å². The van der Waals surface area contributed by atoms with Gasteiger partial charge in [0.05, 0.1) is 4.08 Å². The monoisotopic (exact) mass is 198 g/mol. The van der Waals surface area contributed by atoms with Crippen LogP contribution in [0.3, 0.4) is 0 Å². The van der Waals surface area contributed by atoms with Crippen LogP contribution in [0.2, 0.25) is 0 Å². The van der Waals surface area contributed by atoms with Gasteiger partial charge in [-0.1, -0.05) is 19.3 Å². The lowest BCUT2D eigenvalue weighted by Crippen LogP contribution is -2.22. The lowest BCUT2D eigenvalue weighted by molar-refractivity contribution is 0.493. The van der Waals surface area contributed by atoms with Crippen molar-refractivity contribution in [2.45, 2.75) is 36.2 Å². The first-order valence-corrected chi connectivity index (χ1v) is 5.60. The molecule has 0 aromatic carbocycles. The molecule has 1 saturated carbocycles. The summed E-state index contributed by atoms with van der Waals surface area (Å²) in [5, 5.41) is 21.4. The minimum Gasteiger partial charge on any atom is -0.185 e. The van der Waals surface area contributed by atoms with E-state index in [1.165, 1.54) is 29.9 Å². The average molecular weight is 198 g/mol.